The van der Waals surface area contributed by atoms with E-state index < -0.39 is 0 Å². The maximum Gasteiger partial charge on any atom is 0.123 e. The van der Waals surface area contributed by atoms with Gasteiger partial charge in [0.1, 0.15) is 11.6 Å². The zero-order valence-corrected chi connectivity index (χ0v) is 15.1. The molecule has 0 atom stereocenters. The minimum atomic E-state index is -0.241. The molecule has 1 aliphatic heterocycles. The van der Waals surface area contributed by atoms with Gasteiger partial charge in [0.05, 0.1) is 11.4 Å². The van der Waals surface area contributed by atoms with Crippen molar-refractivity contribution in [3.63, 3.8) is 0 Å². The van der Waals surface area contributed by atoms with E-state index in [1.807, 2.05) is 30.5 Å². The zero-order chi connectivity index (χ0) is 18.6. The number of benzene rings is 2. The van der Waals surface area contributed by atoms with E-state index in [-0.39, 0.29) is 5.82 Å². The maximum absolute atomic E-state index is 13.1. The lowest BCUT2D eigenvalue weighted by Crippen LogP contribution is -2.45. The number of aromatic nitrogens is 2. The Labute approximate surface area is 158 Å². The van der Waals surface area contributed by atoms with Crippen molar-refractivity contribution in [2.24, 2.45) is 0 Å². The van der Waals surface area contributed by atoms with Crippen LogP contribution >= 0.6 is 0 Å². The number of hydrogen-bond acceptors (Lipinski definition) is 4. The van der Waals surface area contributed by atoms with Crippen molar-refractivity contribution in [3.05, 3.63) is 77.9 Å². The van der Waals surface area contributed by atoms with Crippen LogP contribution in [0.2, 0.25) is 0 Å². The van der Waals surface area contributed by atoms with Gasteiger partial charge in [-0.3, -0.25) is 9.80 Å². The molecule has 1 aliphatic rings. The molecule has 140 valence electrons. The SMILES string of the molecule is Oc1cccc(CN2CCN(Cc3ccn(-c4ccc(F)cc4)n3)CC2)c1. The molecule has 1 aromatic heterocycles. The lowest BCUT2D eigenvalue weighted by Gasteiger charge is -2.34. The molecular weight excluding hydrogens is 343 g/mol. The van der Waals surface area contributed by atoms with E-state index in [1.165, 1.54) is 12.1 Å². The number of phenols is 1. The van der Waals surface area contributed by atoms with Crippen LogP contribution in [0.1, 0.15) is 11.3 Å². The Bertz CT molecular complexity index is 885. The van der Waals surface area contributed by atoms with Gasteiger partial charge in [-0.05, 0) is 48.0 Å². The molecule has 2 aromatic carbocycles. The second-order valence-electron chi connectivity index (χ2n) is 6.95. The first-order valence-electron chi connectivity index (χ1n) is 9.19. The van der Waals surface area contributed by atoms with E-state index >= 15 is 0 Å². The molecule has 2 heterocycles. The fourth-order valence-corrected chi connectivity index (χ4v) is 3.43. The first-order chi connectivity index (χ1) is 13.2. The summed E-state index contributed by atoms with van der Waals surface area (Å²) in [6.07, 6.45) is 1.92. The van der Waals surface area contributed by atoms with Gasteiger partial charge in [0.15, 0.2) is 0 Å². The summed E-state index contributed by atoms with van der Waals surface area (Å²) in [6.45, 7) is 5.64. The van der Waals surface area contributed by atoms with Gasteiger partial charge in [-0.25, -0.2) is 9.07 Å². The molecule has 0 saturated carbocycles. The predicted octanol–water partition coefficient (Wildman–Crippen LogP) is 3.03. The van der Waals surface area contributed by atoms with Crippen LogP contribution in [-0.2, 0) is 13.1 Å². The fraction of sp³-hybridized carbons (Fsp3) is 0.286. The average Bonchev–Trinajstić information content (AvgIpc) is 3.12. The second-order valence-corrected chi connectivity index (χ2v) is 6.95. The quantitative estimate of drug-likeness (QED) is 0.754. The molecule has 1 N–H and O–H groups in total. The Balaban J connectivity index is 1.30. The van der Waals surface area contributed by atoms with E-state index in [0.717, 1.165) is 56.2 Å². The number of nitrogens with zero attached hydrogens (tertiary/aromatic N) is 4. The third-order valence-corrected chi connectivity index (χ3v) is 4.90. The van der Waals surface area contributed by atoms with Crippen molar-refractivity contribution in [2.75, 3.05) is 26.2 Å². The van der Waals surface area contributed by atoms with E-state index in [4.69, 9.17) is 0 Å². The van der Waals surface area contributed by atoms with Gasteiger partial charge in [0.25, 0.3) is 0 Å². The molecule has 0 unspecified atom stereocenters. The van der Waals surface area contributed by atoms with Crippen molar-refractivity contribution < 1.29 is 9.50 Å². The van der Waals surface area contributed by atoms with Gasteiger partial charge in [-0.2, -0.15) is 5.10 Å². The van der Waals surface area contributed by atoms with Crippen LogP contribution in [0, 0.1) is 5.82 Å². The Morgan fingerprint density at radius 3 is 2.30 bits per heavy atom. The van der Waals surface area contributed by atoms with Crippen LogP contribution < -0.4 is 0 Å². The Morgan fingerprint density at radius 2 is 1.59 bits per heavy atom. The maximum atomic E-state index is 13.1. The molecule has 1 fully saturated rings. The average molecular weight is 366 g/mol. The largest absolute Gasteiger partial charge is 0.508 e. The summed E-state index contributed by atoms with van der Waals surface area (Å²) >= 11 is 0. The molecule has 0 spiro atoms. The molecule has 5 nitrogen and oxygen atoms in total. The summed E-state index contributed by atoms with van der Waals surface area (Å²) in [7, 11) is 0. The van der Waals surface area contributed by atoms with Crippen molar-refractivity contribution >= 4 is 0 Å². The van der Waals surface area contributed by atoms with Crippen LogP contribution in [0.5, 0.6) is 5.75 Å². The lowest BCUT2D eigenvalue weighted by molar-refractivity contribution is 0.121. The van der Waals surface area contributed by atoms with Gasteiger partial charge in [0.2, 0.25) is 0 Å². The van der Waals surface area contributed by atoms with E-state index in [0.29, 0.717) is 5.75 Å². The van der Waals surface area contributed by atoms with Crippen LogP contribution in [-0.4, -0.2) is 50.9 Å². The lowest BCUT2D eigenvalue weighted by atomic mass is 10.2. The number of rotatable bonds is 5. The van der Waals surface area contributed by atoms with Crippen molar-refractivity contribution in [2.45, 2.75) is 13.1 Å². The third kappa shape index (κ3) is 4.53. The highest BCUT2D eigenvalue weighted by Gasteiger charge is 2.18. The van der Waals surface area contributed by atoms with Gasteiger partial charge in [-0.1, -0.05) is 12.1 Å². The van der Waals surface area contributed by atoms with Crippen LogP contribution in [0.15, 0.2) is 60.8 Å². The molecule has 0 amide bonds. The van der Waals surface area contributed by atoms with Gasteiger partial charge >= 0.3 is 0 Å². The monoisotopic (exact) mass is 366 g/mol. The zero-order valence-electron chi connectivity index (χ0n) is 15.1. The standard InChI is InChI=1S/C21H23FN4O/c22-18-4-6-20(7-5-18)26-9-8-19(23-26)16-25-12-10-24(11-13-25)15-17-2-1-3-21(27)14-17/h1-9,14,27H,10-13,15-16H2. The van der Waals surface area contributed by atoms with Crippen molar-refractivity contribution in [3.8, 4) is 11.4 Å². The number of halogens is 1. The Morgan fingerprint density at radius 1 is 0.889 bits per heavy atom. The third-order valence-electron chi connectivity index (χ3n) is 4.90. The minimum Gasteiger partial charge on any atom is -0.508 e. The first-order valence-corrected chi connectivity index (χ1v) is 9.19. The van der Waals surface area contributed by atoms with E-state index in [9.17, 15) is 9.50 Å². The van der Waals surface area contributed by atoms with Crippen LogP contribution in [0.3, 0.4) is 0 Å². The number of piperazine rings is 1. The number of aromatic hydroxyl groups is 1. The summed E-state index contributed by atoms with van der Waals surface area (Å²) in [4.78, 5) is 4.80. The highest BCUT2D eigenvalue weighted by Crippen LogP contribution is 2.15. The van der Waals surface area contributed by atoms with Gasteiger partial charge < -0.3 is 5.11 Å². The summed E-state index contributed by atoms with van der Waals surface area (Å²) < 4.78 is 14.8. The molecule has 27 heavy (non-hydrogen) atoms. The summed E-state index contributed by atoms with van der Waals surface area (Å²) in [6, 6.07) is 15.8. The Hall–Kier alpha value is -2.70. The molecule has 0 bridgehead atoms. The summed E-state index contributed by atoms with van der Waals surface area (Å²) in [5.74, 6) is 0.0811. The van der Waals surface area contributed by atoms with E-state index in [2.05, 4.69) is 14.9 Å². The topological polar surface area (TPSA) is 44.5 Å². The molecule has 6 heteroatoms. The van der Waals surface area contributed by atoms with Crippen molar-refractivity contribution in [1.29, 1.82) is 0 Å². The molecule has 4 rings (SSSR count). The fourth-order valence-electron chi connectivity index (χ4n) is 3.43. The highest BCUT2D eigenvalue weighted by atomic mass is 19.1. The molecule has 1 saturated heterocycles. The predicted molar refractivity (Wildman–Crippen MR) is 102 cm³/mol. The molecule has 0 aliphatic carbocycles. The first kappa shape index (κ1) is 17.7. The number of phenolic OH excluding ortho intramolecular Hbond substituents is 1. The van der Waals surface area contributed by atoms with Crippen LogP contribution in [0.4, 0.5) is 4.39 Å². The summed E-state index contributed by atoms with van der Waals surface area (Å²) in [5, 5.41) is 14.2. The van der Waals surface area contributed by atoms with E-state index in [1.54, 1.807) is 22.9 Å². The van der Waals surface area contributed by atoms with Crippen molar-refractivity contribution in [1.82, 2.24) is 19.6 Å². The second kappa shape index (κ2) is 7.90. The summed E-state index contributed by atoms with van der Waals surface area (Å²) in [5.41, 5.74) is 3.01. The molecular formula is C21H23FN4O. The highest BCUT2D eigenvalue weighted by molar-refractivity contribution is 5.31. The normalized spacial score (nSPS) is 15.9. The van der Waals surface area contributed by atoms with Gasteiger partial charge in [-0.15, -0.1) is 0 Å². The Kier molecular flexibility index (Phi) is 5.18. The van der Waals surface area contributed by atoms with Gasteiger partial charge in [0, 0.05) is 45.5 Å². The minimum absolute atomic E-state index is 0.241. The van der Waals surface area contributed by atoms with Crippen LogP contribution in [0.25, 0.3) is 5.69 Å². The smallest absolute Gasteiger partial charge is 0.123 e. The molecule has 3 aromatic rings. The molecule has 0 radical (unpaired) electrons. The number of hydrogen-bond donors (Lipinski definition) is 1.